The minimum absolute atomic E-state index is 0.122. The van der Waals surface area contributed by atoms with E-state index in [9.17, 15) is 4.79 Å². The Bertz CT molecular complexity index is 563. The first-order chi connectivity index (χ1) is 8.54. The molecule has 1 aliphatic carbocycles. The number of Topliss-reactive ketones (excluding diaryl/α,β-unsaturated/α-hetero) is 1. The van der Waals surface area contributed by atoms with Crippen LogP contribution in [0, 0.1) is 17.3 Å². The third kappa shape index (κ3) is 0.907. The highest BCUT2D eigenvalue weighted by Gasteiger charge is 2.79. The molecule has 2 aliphatic heterocycles. The average Bonchev–Trinajstić information content (AvgIpc) is 2.82. The minimum atomic E-state index is -0.705. The molecule has 0 spiro atoms. The molecule has 94 valence electrons. The van der Waals surface area contributed by atoms with Gasteiger partial charge in [-0.2, -0.15) is 0 Å². The molecular formula is C15H16O3. The quantitative estimate of drug-likeness (QED) is 0.760. The molecule has 1 saturated heterocycles. The second-order valence-corrected chi connectivity index (χ2v) is 6.14. The number of ketones is 1. The first kappa shape index (κ1) is 10.7. The van der Waals surface area contributed by atoms with Gasteiger partial charge in [-0.1, -0.05) is 38.1 Å². The van der Waals surface area contributed by atoms with Crippen LogP contribution in [0.15, 0.2) is 24.3 Å². The van der Waals surface area contributed by atoms with E-state index in [0.717, 1.165) is 11.1 Å². The van der Waals surface area contributed by atoms with Gasteiger partial charge in [0.1, 0.15) is 6.10 Å². The third-order valence-corrected chi connectivity index (χ3v) is 5.08. The molecule has 2 heterocycles. The number of hydrogen-bond acceptors (Lipinski definition) is 3. The molecule has 3 nitrogen and oxygen atoms in total. The molecule has 0 N–H and O–H groups in total. The molecule has 18 heavy (non-hydrogen) atoms. The van der Waals surface area contributed by atoms with Crippen LogP contribution < -0.4 is 0 Å². The zero-order valence-corrected chi connectivity index (χ0v) is 10.8. The van der Waals surface area contributed by atoms with Gasteiger partial charge in [-0.15, -0.1) is 0 Å². The van der Waals surface area contributed by atoms with Crippen LogP contribution in [0.5, 0.6) is 0 Å². The molecule has 2 fully saturated rings. The molecule has 0 aromatic heterocycles. The lowest BCUT2D eigenvalue weighted by Crippen LogP contribution is -2.44. The number of hydrogen-bond donors (Lipinski definition) is 0. The molecule has 1 aromatic rings. The van der Waals surface area contributed by atoms with Crippen molar-refractivity contribution >= 4 is 5.78 Å². The molecule has 3 aliphatic rings. The lowest BCUT2D eigenvalue weighted by molar-refractivity contribution is -0.247. The summed E-state index contributed by atoms with van der Waals surface area (Å²) in [7, 11) is 1.68. The number of benzene rings is 1. The van der Waals surface area contributed by atoms with E-state index in [4.69, 9.17) is 9.47 Å². The molecule has 1 aromatic carbocycles. The number of carbonyl (C=O) groups is 1. The number of ether oxygens (including phenoxy) is 2. The summed E-state index contributed by atoms with van der Waals surface area (Å²) in [4.78, 5) is 12.5. The number of methoxy groups -OCH3 is 1. The number of carbonyl (C=O) groups excluding carboxylic acids is 1. The van der Waals surface area contributed by atoms with Crippen molar-refractivity contribution in [2.24, 2.45) is 17.3 Å². The minimum Gasteiger partial charge on any atom is -0.349 e. The Morgan fingerprint density at radius 2 is 2.00 bits per heavy atom. The van der Waals surface area contributed by atoms with Crippen LogP contribution in [-0.2, 0) is 15.3 Å². The fourth-order valence-electron chi connectivity index (χ4n) is 4.19. The summed E-state index contributed by atoms with van der Waals surface area (Å²) < 4.78 is 11.8. The highest BCUT2D eigenvalue weighted by atomic mass is 16.7. The molecule has 0 amide bonds. The first-order valence-corrected chi connectivity index (χ1v) is 6.41. The van der Waals surface area contributed by atoms with Crippen molar-refractivity contribution in [3.05, 3.63) is 35.4 Å². The number of rotatable bonds is 1. The van der Waals surface area contributed by atoms with Gasteiger partial charge in [-0.25, -0.2) is 0 Å². The molecule has 0 radical (unpaired) electrons. The lowest BCUT2D eigenvalue weighted by atomic mass is 9.86. The van der Waals surface area contributed by atoms with E-state index in [1.165, 1.54) is 0 Å². The van der Waals surface area contributed by atoms with E-state index in [-0.39, 0.29) is 29.1 Å². The second-order valence-electron chi connectivity index (χ2n) is 6.14. The van der Waals surface area contributed by atoms with Gasteiger partial charge < -0.3 is 9.47 Å². The van der Waals surface area contributed by atoms with Gasteiger partial charge in [0.05, 0.1) is 0 Å². The highest BCUT2D eigenvalue weighted by molar-refractivity contribution is 6.03. The van der Waals surface area contributed by atoms with Crippen molar-refractivity contribution in [1.82, 2.24) is 0 Å². The van der Waals surface area contributed by atoms with Gasteiger partial charge in [0.25, 0.3) is 0 Å². The topological polar surface area (TPSA) is 35.5 Å². The van der Waals surface area contributed by atoms with Gasteiger partial charge in [0.2, 0.25) is 0 Å². The van der Waals surface area contributed by atoms with Crippen molar-refractivity contribution in [1.29, 1.82) is 0 Å². The highest BCUT2D eigenvalue weighted by Crippen LogP contribution is 2.75. The van der Waals surface area contributed by atoms with Crippen LogP contribution in [0.2, 0.25) is 0 Å². The van der Waals surface area contributed by atoms with Gasteiger partial charge in [0.15, 0.2) is 11.6 Å². The van der Waals surface area contributed by atoms with E-state index in [1.54, 1.807) is 7.11 Å². The molecule has 2 bridgehead atoms. The van der Waals surface area contributed by atoms with E-state index >= 15 is 0 Å². The van der Waals surface area contributed by atoms with Gasteiger partial charge in [0, 0.05) is 30.1 Å². The van der Waals surface area contributed by atoms with Crippen LogP contribution in [0.3, 0.4) is 0 Å². The Morgan fingerprint density at radius 1 is 1.28 bits per heavy atom. The lowest BCUT2D eigenvalue weighted by Gasteiger charge is -2.39. The van der Waals surface area contributed by atoms with Crippen LogP contribution in [0.4, 0.5) is 0 Å². The van der Waals surface area contributed by atoms with Crippen molar-refractivity contribution < 1.29 is 14.3 Å². The van der Waals surface area contributed by atoms with Crippen LogP contribution in [0.25, 0.3) is 0 Å². The molecule has 4 atom stereocenters. The standard InChI is InChI=1S/C15H16O3/c1-14(2)10-12-11(16)8-6-4-5-7-9(8)15(17-3,18-12)13(10)14/h4-7,10,12-13H,1-3H3/t10-,12+,13+,15+/m1/s1. The summed E-state index contributed by atoms with van der Waals surface area (Å²) in [5.74, 6) is -0.00938. The summed E-state index contributed by atoms with van der Waals surface area (Å²) in [6.07, 6.45) is -0.320. The van der Waals surface area contributed by atoms with E-state index in [2.05, 4.69) is 13.8 Å². The molecule has 4 rings (SSSR count). The maximum atomic E-state index is 12.5. The Hall–Kier alpha value is -1.19. The largest absolute Gasteiger partial charge is 0.349 e. The fourth-order valence-corrected chi connectivity index (χ4v) is 4.19. The third-order valence-electron chi connectivity index (χ3n) is 5.08. The predicted molar refractivity (Wildman–Crippen MR) is 65.1 cm³/mol. The van der Waals surface area contributed by atoms with E-state index in [1.807, 2.05) is 24.3 Å². The monoisotopic (exact) mass is 244 g/mol. The Morgan fingerprint density at radius 3 is 2.72 bits per heavy atom. The van der Waals surface area contributed by atoms with E-state index in [0.29, 0.717) is 0 Å². The predicted octanol–water partition coefficient (Wildman–Crippen LogP) is 2.35. The summed E-state index contributed by atoms with van der Waals surface area (Å²) in [5, 5.41) is 0. The summed E-state index contributed by atoms with van der Waals surface area (Å²) >= 11 is 0. The van der Waals surface area contributed by atoms with Crippen LogP contribution >= 0.6 is 0 Å². The SMILES string of the molecule is CO[C@]12O[C@H](C(=O)c3ccccc31)[C@@H]1[C@H]2C1(C)C. The maximum absolute atomic E-state index is 12.5. The molecular weight excluding hydrogens is 228 g/mol. The van der Waals surface area contributed by atoms with Crippen molar-refractivity contribution in [3.8, 4) is 0 Å². The first-order valence-electron chi connectivity index (χ1n) is 6.41. The summed E-state index contributed by atoms with van der Waals surface area (Å²) in [5.41, 5.74) is 1.81. The summed E-state index contributed by atoms with van der Waals surface area (Å²) in [6.45, 7) is 4.40. The Kier molecular flexibility index (Phi) is 1.70. The van der Waals surface area contributed by atoms with Crippen molar-refractivity contribution in [2.45, 2.75) is 25.7 Å². The smallest absolute Gasteiger partial charge is 0.199 e. The zero-order chi connectivity index (χ0) is 12.7. The van der Waals surface area contributed by atoms with Gasteiger partial charge >= 0.3 is 0 Å². The van der Waals surface area contributed by atoms with Crippen LogP contribution in [0.1, 0.15) is 29.8 Å². The zero-order valence-electron chi connectivity index (χ0n) is 10.8. The Labute approximate surface area is 106 Å². The van der Waals surface area contributed by atoms with Crippen molar-refractivity contribution in [2.75, 3.05) is 7.11 Å². The average molecular weight is 244 g/mol. The fraction of sp³-hybridized carbons (Fsp3) is 0.533. The van der Waals surface area contributed by atoms with Crippen LogP contribution in [-0.4, -0.2) is 19.0 Å². The van der Waals surface area contributed by atoms with Crippen molar-refractivity contribution in [3.63, 3.8) is 0 Å². The summed E-state index contributed by atoms with van der Waals surface area (Å²) in [6, 6.07) is 7.70. The van der Waals surface area contributed by atoms with E-state index < -0.39 is 5.79 Å². The maximum Gasteiger partial charge on any atom is 0.199 e. The number of fused-ring (bicyclic) bond motifs is 7. The van der Waals surface area contributed by atoms with Gasteiger partial charge in [-0.05, 0) is 5.41 Å². The van der Waals surface area contributed by atoms with Gasteiger partial charge in [-0.3, -0.25) is 4.79 Å². The molecule has 1 saturated carbocycles. The second kappa shape index (κ2) is 2.86. The Balaban J connectivity index is 1.99. The normalized spacial score (nSPS) is 42.4. The molecule has 3 heteroatoms. The molecule has 0 unspecified atom stereocenters.